The zero-order chi connectivity index (χ0) is 24.7. The molecule has 2 saturated heterocycles. The van der Waals surface area contributed by atoms with Crippen LogP contribution in [-0.2, 0) is 12.4 Å². The van der Waals surface area contributed by atoms with Crippen molar-refractivity contribution in [3.63, 3.8) is 0 Å². The lowest BCUT2D eigenvalue weighted by Gasteiger charge is -2.48. The summed E-state index contributed by atoms with van der Waals surface area (Å²) in [5.41, 5.74) is -1.82. The quantitative estimate of drug-likeness (QED) is 0.315. The Morgan fingerprint density at radius 3 is 1.94 bits per heavy atom. The van der Waals surface area contributed by atoms with Crippen molar-refractivity contribution in [1.82, 2.24) is 10.0 Å². The summed E-state index contributed by atoms with van der Waals surface area (Å²) >= 11 is 6.56. The van der Waals surface area contributed by atoms with Crippen LogP contribution < -0.4 is 0 Å². The van der Waals surface area contributed by atoms with E-state index in [9.17, 15) is 30.7 Å². The number of nitrogens with zero attached hydrogens (tertiary/aromatic N) is 2. The van der Waals surface area contributed by atoms with E-state index in [0.717, 1.165) is 30.5 Å². The fraction of sp³-hybridized carbons (Fsp3) is 0.500. The normalized spacial score (nSPS) is 25.5. The van der Waals surface area contributed by atoms with Crippen molar-refractivity contribution in [2.75, 3.05) is 19.6 Å². The van der Waals surface area contributed by atoms with E-state index in [4.69, 9.17) is 11.6 Å². The number of hydrogen-bond donors (Lipinski definition) is 0. The van der Waals surface area contributed by atoms with E-state index in [2.05, 4.69) is 0 Å². The van der Waals surface area contributed by atoms with Gasteiger partial charge in [0.15, 0.2) is 0 Å². The van der Waals surface area contributed by atoms with Gasteiger partial charge in [-0.15, -0.1) is 11.6 Å². The van der Waals surface area contributed by atoms with E-state index >= 15 is 0 Å². The molecular formula is C24H24ClF7N2. The molecule has 0 saturated carbocycles. The third kappa shape index (κ3) is 5.52. The minimum atomic E-state index is -4.92. The van der Waals surface area contributed by atoms with E-state index in [-0.39, 0.29) is 23.4 Å². The molecule has 34 heavy (non-hydrogen) atoms. The van der Waals surface area contributed by atoms with Crippen LogP contribution in [0.2, 0.25) is 0 Å². The van der Waals surface area contributed by atoms with Crippen molar-refractivity contribution >= 4 is 11.6 Å². The molecule has 2 aromatic carbocycles. The molecule has 2 fully saturated rings. The smallest absolute Gasteiger partial charge is 0.241 e. The average molecular weight is 509 g/mol. The van der Waals surface area contributed by atoms with Gasteiger partial charge < -0.3 is 0 Å². The number of hydrazine groups is 1. The molecule has 0 radical (unpaired) electrons. The first-order valence-electron chi connectivity index (χ1n) is 11.1. The molecule has 0 aromatic heterocycles. The fourth-order valence-corrected chi connectivity index (χ4v) is 5.41. The summed E-state index contributed by atoms with van der Waals surface area (Å²) in [5, 5.41) is 3.18. The Balaban J connectivity index is 1.68. The maximum absolute atomic E-state index is 13.5. The lowest BCUT2D eigenvalue weighted by atomic mass is 9.90. The van der Waals surface area contributed by atoms with Crippen LogP contribution in [0.5, 0.6) is 0 Å². The van der Waals surface area contributed by atoms with E-state index < -0.39 is 34.9 Å². The van der Waals surface area contributed by atoms with Crippen LogP contribution in [0.25, 0.3) is 0 Å². The SMILES string of the molecule is Fc1ccc(C2CCCN(N3CCCC(Cl)C3c3cc(C(F)(F)F)cc(C(F)(F)F)c3)C2)cc1. The van der Waals surface area contributed by atoms with Crippen molar-refractivity contribution in [2.45, 2.75) is 55.4 Å². The standard InChI is InChI=1S/C24H24ClF7N2/c25-21-4-2-10-34(33-9-1-3-16(14-33)15-5-7-20(26)8-6-15)22(21)17-11-18(23(27,28)29)13-19(12-17)24(30,31)32/h5-8,11-13,16,21-22H,1-4,9-10,14H2. The maximum atomic E-state index is 13.5. The monoisotopic (exact) mass is 508 g/mol. The van der Waals surface area contributed by atoms with Gasteiger partial charge in [-0.3, -0.25) is 0 Å². The minimum Gasteiger partial charge on any atom is -0.241 e. The van der Waals surface area contributed by atoms with Crippen LogP contribution in [-0.4, -0.2) is 35.0 Å². The van der Waals surface area contributed by atoms with Gasteiger partial charge in [-0.05, 0) is 73.1 Å². The van der Waals surface area contributed by atoms with Gasteiger partial charge in [0.25, 0.3) is 0 Å². The predicted molar refractivity (Wildman–Crippen MR) is 115 cm³/mol. The highest BCUT2D eigenvalue weighted by molar-refractivity contribution is 6.21. The number of rotatable bonds is 3. The number of piperidine rings is 2. The lowest BCUT2D eigenvalue weighted by molar-refractivity contribution is -0.143. The molecular weight excluding hydrogens is 485 g/mol. The number of benzene rings is 2. The summed E-state index contributed by atoms with van der Waals surface area (Å²) in [6.07, 6.45) is -7.05. The first kappa shape index (κ1) is 25.3. The van der Waals surface area contributed by atoms with Crippen LogP contribution in [0.1, 0.15) is 59.9 Å². The highest BCUT2D eigenvalue weighted by Gasteiger charge is 2.41. The van der Waals surface area contributed by atoms with Crippen molar-refractivity contribution < 1.29 is 30.7 Å². The van der Waals surface area contributed by atoms with Crippen molar-refractivity contribution in [1.29, 1.82) is 0 Å². The van der Waals surface area contributed by atoms with Gasteiger partial charge in [-0.2, -0.15) is 26.3 Å². The molecule has 4 rings (SSSR count). The molecule has 3 unspecified atom stereocenters. The third-order valence-corrected chi connectivity index (χ3v) is 7.04. The minimum absolute atomic E-state index is 0.0675. The molecule has 3 atom stereocenters. The second kappa shape index (κ2) is 9.66. The molecule has 186 valence electrons. The largest absolute Gasteiger partial charge is 0.416 e. The summed E-state index contributed by atoms with van der Waals surface area (Å²) < 4.78 is 94.2. The molecule has 2 heterocycles. The summed E-state index contributed by atoms with van der Waals surface area (Å²) in [5.74, 6) is -0.277. The Morgan fingerprint density at radius 2 is 1.35 bits per heavy atom. The molecule has 0 amide bonds. The maximum Gasteiger partial charge on any atom is 0.416 e. The van der Waals surface area contributed by atoms with E-state index in [0.29, 0.717) is 32.5 Å². The Hall–Kier alpha value is -1.84. The molecule has 2 aliphatic heterocycles. The van der Waals surface area contributed by atoms with Gasteiger partial charge in [-0.1, -0.05) is 12.1 Å². The molecule has 10 heteroatoms. The molecule has 2 aromatic rings. The molecule has 2 nitrogen and oxygen atoms in total. The Bertz CT molecular complexity index is 958. The highest BCUT2D eigenvalue weighted by Crippen LogP contribution is 2.43. The van der Waals surface area contributed by atoms with Crippen molar-refractivity contribution in [3.8, 4) is 0 Å². The zero-order valence-corrected chi connectivity index (χ0v) is 18.9. The van der Waals surface area contributed by atoms with Crippen LogP contribution >= 0.6 is 11.6 Å². The van der Waals surface area contributed by atoms with Crippen LogP contribution in [0.4, 0.5) is 30.7 Å². The number of halogens is 8. The molecule has 0 N–H and O–H groups in total. The Labute approximate surface area is 198 Å². The van der Waals surface area contributed by atoms with Gasteiger partial charge in [0, 0.05) is 19.6 Å². The summed E-state index contributed by atoms with van der Waals surface area (Å²) in [7, 11) is 0. The lowest BCUT2D eigenvalue weighted by Crippen LogP contribution is -2.53. The van der Waals surface area contributed by atoms with Crippen molar-refractivity contribution in [2.24, 2.45) is 0 Å². The first-order chi connectivity index (χ1) is 15.9. The summed E-state index contributed by atoms with van der Waals surface area (Å²) in [4.78, 5) is 0. The van der Waals surface area contributed by atoms with E-state index in [1.54, 1.807) is 12.1 Å². The summed E-state index contributed by atoms with van der Waals surface area (Å²) in [6.45, 7) is 1.61. The van der Waals surface area contributed by atoms with Gasteiger partial charge >= 0.3 is 12.4 Å². The molecule has 0 bridgehead atoms. The van der Waals surface area contributed by atoms with E-state index in [1.807, 2.05) is 10.0 Å². The van der Waals surface area contributed by atoms with Gasteiger partial charge in [0.05, 0.1) is 22.5 Å². The zero-order valence-electron chi connectivity index (χ0n) is 18.1. The van der Waals surface area contributed by atoms with Crippen LogP contribution in [0, 0.1) is 5.82 Å². The predicted octanol–water partition coefficient (Wildman–Crippen LogP) is 7.40. The Kier molecular flexibility index (Phi) is 7.18. The van der Waals surface area contributed by atoms with Gasteiger partial charge in [0.2, 0.25) is 0 Å². The van der Waals surface area contributed by atoms with Crippen LogP contribution in [0.15, 0.2) is 42.5 Å². The highest BCUT2D eigenvalue weighted by atomic mass is 35.5. The number of hydrogen-bond acceptors (Lipinski definition) is 2. The molecule has 2 aliphatic rings. The van der Waals surface area contributed by atoms with Crippen molar-refractivity contribution in [3.05, 3.63) is 70.5 Å². The van der Waals surface area contributed by atoms with Crippen LogP contribution in [0.3, 0.4) is 0 Å². The second-order valence-electron chi connectivity index (χ2n) is 8.91. The first-order valence-corrected chi connectivity index (χ1v) is 11.6. The van der Waals surface area contributed by atoms with Gasteiger partial charge in [0.1, 0.15) is 5.82 Å². The topological polar surface area (TPSA) is 6.48 Å². The second-order valence-corrected chi connectivity index (χ2v) is 9.47. The third-order valence-electron chi connectivity index (χ3n) is 6.59. The van der Waals surface area contributed by atoms with E-state index in [1.165, 1.54) is 12.1 Å². The summed E-state index contributed by atoms with van der Waals surface area (Å²) in [6, 6.07) is 7.08. The Morgan fingerprint density at radius 1 is 0.765 bits per heavy atom. The molecule has 0 spiro atoms. The molecule has 0 aliphatic carbocycles. The fourth-order valence-electron chi connectivity index (χ4n) is 4.98. The average Bonchev–Trinajstić information content (AvgIpc) is 2.78. The van der Waals surface area contributed by atoms with Gasteiger partial charge in [-0.25, -0.2) is 14.4 Å². The number of alkyl halides is 7.